The topological polar surface area (TPSA) is 38.1 Å². The number of hydrogen-bond donors (Lipinski definition) is 0. The number of rotatable bonds is 2. The number of piperidine rings is 1. The second kappa shape index (κ2) is 5.29. The third kappa shape index (κ3) is 2.74. The van der Waals surface area contributed by atoms with Crippen LogP contribution in [-0.2, 0) is 0 Å². The van der Waals surface area contributed by atoms with Gasteiger partial charge in [0.1, 0.15) is 0 Å². The molecule has 7 heteroatoms. The number of alkyl halides is 2. The van der Waals surface area contributed by atoms with Crippen LogP contribution in [0.25, 0.3) is 11.0 Å². The van der Waals surface area contributed by atoms with Gasteiger partial charge in [-0.1, -0.05) is 11.8 Å². The summed E-state index contributed by atoms with van der Waals surface area (Å²) in [4.78, 5) is 16.0. The largest absolute Gasteiger partial charge is 0.311 e. The zero-order valence-corrected chi connectivity index (χ0v) is 12.4. The molecule has 0 radical (unpaired) electrons. The third-order valence-electron chi connectivity index (χ3n) is 3.70. The molecule has 0 aromatic carbocycles. The smallest absolute Gasteiger partial charge is 0.251 e. The molecule has 0 atom stereocenters. The van der Waals surface area contributed by atoms with Gasteiger partial charge >= 0.3 is 0 Å². The van der Waals surface area contributed by atoms with E-state index in [0.717, 1.165) is 17.1 Å². The molecular formula is C14H15F2N3OS. The Labute approximate surface area is 125 Å². The fraction of sp³-hybridized carbons (Fsp3) is 0.429. The van der Waals surface area contributed by atoms with E-state index in [4.69, 9.17) is 0 Å². The van der Waals surface area contributed by atoms with Gasteiger partial charge in [0.2, 0.25) is 5.12 Å². The van der Waals surface area contributed by atoms with Crippen molar-refractivity contribution in [2.24, 2.45) is 0 Å². The molecule has 0 aliphatic carbocycles. The first kappa shape index (κ1) is 14.3. The molecule has 0 N–H and O–H groups in total. The number of thioether (sulfide) groups is 1. The van der Waals surface area contributed by atoms with Crippen LogP contribution in [0.1, 0.15) is 23.2 Å². The number of aromatic nitrogens is 2. The second-order valence-electron chi connectivity index (χ2n) is 5.10. The Balaban J connectivity index is 1.89. The molecule has 1 aliphatic rings. The van der Waals surface area contributed by atoms with Crippen molar-refractivity contribution in [3.05, 3.63) is 30.1 Å². The maximum absolute atomic E-state index is 13.2. The van der Waals surface area contributed by atoms with Crippen LogP contribution < -0.4 is 5.01 Å². The van der Waals surface area contributed by atoms with E-state index in [1.165, 1.54) is 6.20 Å². The number of pyridine rings is 1. The lowest BCUT2D eigenvalue weighted by Gasteiger charge is -2.34. The molecule has 3 rings (SSSR count). The van der Waals surface area contributed by atoms with Crippen molar-refractivity contribution >= 4 is 27.9 Å². The minimum Gasteiger partial charge on any atom is -0.311 e. The summed E-state index contributed by atoms with van der Waals surface area (Å²) < 4.78 is 28.2. The Morgan fingerprint density at radius 2 is 2.10 bits per heavy atom. The number of nitrogens with zero attached hydrogens (tertiary/aromatic N) is 3. The van der Waals surface area contributed by atoms with E-state index in [9.17, 15) is 13.6 Å². The van der Waals surface area contributed by atoms with Crippen molar-refractivity contribution in [3.8, 4) is 0 Å². The summed E-state index contributed by atoms with van der Waals surface area (Å²) in [6, 6.07) is 3.64. The molecule has 21 heavy (non-hydrogen) atoms. The maximum atomic E-state index is 13.2. The quantitative estimate of drug-likeness (QED) is 0.855. The van der Waals surface area contributed by atoms with Crippen molar-refractivity contribution in [3.63, 3.8) is 0 Å². The van der Waals surface area contributed by atoms with Crippen LogP contribution in [0.15, 0.2) is 24.5 Å². The maximum Gasteiger partial charge on any atom is 0.251 e. The molecule has 4 nitrogen and oxygen atoms in total. The van der Waals surface area contributed by atoms with Crippen molar-refractivity contribution < 1.29 is 13.6 Å². The average Bonchev–Trinajstić information content (AvgIpc) is 2.89. The first-order chi connectivity index (χ1) is 10.00. The second-order valence-corrected chi connectivity index (χ2v) is 5.88. The molecular weight excluding hydrogens is 296 g/mol. The number of carbonyl (C=O) groups excluding carboxylic acids is 1. The number of fused-ring (bicyclic) bond motifs is 1. The van der Waals surface area contributed by atoms with Gasteiger partial charge in [-0.05, 0) is 18.4 Å². The van der Waals surface area contributed by atoms with E-state index < -0.39 is 5.92 Å². The minimum atomic E-state index is -2.56. The Bertz CT molecular complexity index is 676. The zero-order valence-electron chi connectivity index (χ0n) is 11.6. The lowest BCUT2D eigenvalue weighted by molar-refractivity contribution is -0.0256. The Kier molecular flexibility index (Phi) is 3.61. The van der Waals surface area contributed by atoms with Gasteiger partial charge < -0.3 is 5.01 Å². The van der Waals surface area contributed by atoms with Crippen LogP contribution in [0, 0.1) is 0 Å². The zero-order chi connectivity index (χ0) is 15.0. The normalized spacial score (nSPS) is 18.1. The summed E-state index contributed by atoms with van der Waals surface area (Å²) in [7, 11) is 0. The summed E-state index contributed by atoms with van der Waals surface area (Å²) in [5, 5.41) is 2.67. The van der Waals surface area contributed by atoms with Crippen LogP contribution in [0.3, 0.4) is 0 Å². The van der Waals surface area contributed by atoms with Gasteiger partial charge in [-0.3, -0.25) is 4.79 Å². The minimum absolute atomic E-state index is 0.0326. The van der Waals surface area contributed by atoms with Crippen molar-refractivity contribution in [1.29, 1.82) is 0 Å². The standard InChI is InChI=1S/C14H15F2N3OS/c1-21-13(20)11-8-10-2-5-19(12(10)17-9-11)18-6-3-14(15,16)4-7-18/h2,5,8-9H,3-4,6-7H2,1H3. The first-order valence-corrected chi connectivity index (χ1v) is 7.91. The van der Waals surface area contributed by atoms with Crippen molar-refractivity contribution in [2.75, 3.05) is 24.4 Å². The molecule has 1 fully saturated rings. The Morgan fingerprint density at radius 3 is 2.76 bits per heavy atom. The van der Waals surface area contributed by atoms with Crippen LogP contribution in [0.5, 0.6) is 0 Å². The molecule has 0 amide bonds. The Morgan fingerprint density at radius 1 is 1.38 bits per heavy atom. The van der Waals surface area contributed by atoms with E-state index in [2.05, 4.69) is 4.98 Å². The number of hydrogen-bond acceptors (Lipinski definition) is 4. The van der Waals surface area contributed by atoms with Gasteiger partial charge in [0.15, 0.2) is 5.65 Å². The first-order valence-electron chi connectivity index (χ1n) is 6.69. The lowest BCUT2D eigenvalue weighted by Crippen LogP contribution is -2.45. The molecule has 1 saturated heterocycles. The van der Waals surface area contributed by atoms with Crippen LogP contribution in [-0.4, -0.2) is 40.0 Å². The van der Waals surface area contributed by atoms with Gasteiger partial charge in [0, 0.05) is 49.3 Å². The number of carbonyl (C=O) groups is 1. The summed E-state index contributed by atoms with van der Waals surface area (Å²) in [6.07, 6.45) is 4.79. The summed E-state index contributed by atoms with van der Waals surface area (Å²) >= 11 is 1.14. The molecule has 2 aromatic heterocycles. The predicted octanol–water partition coefficient (Wildman–Crippen LogP) is 2.91. The van der Waals surface area contributed by atoms with E-state index >= 15 is 0 Å². The summed E-state index contributed by atoms with van der Waals surface area (Å²) in [5.74, 6) is -2.56. The van der Waals surface area contributed by atoms with Gasteiger partial charge in [-0.25, -0.2) is 18.4 Å². The fourth-order valence-electron chi connectivity index (χ4n) is 2.51. The van der Waals surface area contributed by atoms with E-state index in [0.29, 0.717) is 24.3 Å². The third-order valence-corrected chi connectivity index (χ3v) is 4.31. The van der Waals surface area contributed by atoms with E-state index in [-0.39, 0.29) is 18.0 Å². The van der Waals surface area contributed by atoms with E-state index in [1.807, 2.05) is 17.3 Å². The molecule has 2 aromatic rings. The molecule has 0 unspecified atom stereocenters. The monoisotopic (exact) mass is 311 g/mol. The molecule has 0 spiro atoms. The summed E-state index contributed by atoms with van der Waals surface area (Å²) in [6.45, 7) is 0.591. The SMILES string of the molecule is CSC(=O)c1cnc2c(ccn2N2CCC(F)(F)CC2)c1. The average molecular weight is 311 g/mol. The lowest BCUT2D eigenvalue weighted by atomic mass is 10.1. The highest BCUT2D eigenvalue weighted by Crippen LogP contribution is 2.28. The highest BCUT2D eigenvalue weighted by atomic mass is 32.2. The highest BCUT2D eigenvalue weighted by molar-refractivity contribution is 8.13. The molecule has 3 heterocycles. The molecule has 0 saturated carbocycles. The summed E-state index contributed by atoms with van der Waals surface area (Å²) in [5.41, 5.74) is 1.25. The predicted molar refractivity (Wildman–Crippen MR) is 79.7 cm³/mol. The van der Waals surface area contributed by atoms with Crippen molar-refractivity contribution in [2.45, 2.75) is 18.8 Å². The van der Waals surface area contributed by atoms with Gasteiger partial charge in [-0.2, -0.15) is 0 Å². The van der Waals surface area contributed by atoms with Crippen LogP contribution >= 0.6 is 11.8 Å². The number of halogens is 2. The van der Waals surface area contributed by atoms with Gasteiger partial charge in [0.25, 0.3) is 5.92 Å². The fourth-order valence-corrected chi connectivity index (χ4v) is 2.85. The molecule has 0 bridgehead atoms. The van der Waals surface area contributed by atoms with Crippen LogP contribution in [0.4, 0.5) is 8.78 Å². The highest BCUT2D eigenvalue weighted by Gasteiger charge is 2.34. The molecule has 1 aliphatic heterocycles. The van der Waals surface area contributed by atoms with Gasteiger partial charge in [0.05, 0.1) is 0 Å². The molecule has 112 valence electrons. The van der Waals surface area contributed by atoms with E-state index in [1.54, 1.807) is 17.0 Å². The van der Waals surface area contributed by atoms with Crippen LogP contribution in [0.2, 0.25) is 0 Å². The van der Waals surface area contributed by atoms with Crippen molar-refractivity contribution in [1.82, 2.24) is 9.66 Å². The Hall–Kier alpha value is -1.63. The van der Waals surface area contributed by atoms with Gasteiger partial charge in [-0.15, -0.1) is 0 Å².